The molecule has 29 heavy (non-hydrogen) atoms. The molecule has 0 bridgehead atoms. The minimum absolute atomic E-state index is 0.000504. The minimum atomic E-state index is -0.128. The molecule has 0 radical (unpaired) electrons. The molecule has 158 valence electrons. The SMILES string of the molecule is COCCCNC(=O)CN1CCN(C(=O)c2oc3ccccc3c2COC)CC1. The number of piperazine rings is 1. The van der Waals surface area contributed by atoms with Crippen LogP contribution in [0.5, 0.6) is 0 Å². The van der Waals surface area contributed by atoms with E-state index in [9.17, 15) is 9.59 Å². The van der Waals surface area contributed by atoms with Gasteiger partial charge in [0.2, 0.25) is 5.91 Å². The number of carbonyl (C=O) groups is 2. The summed E-state index contributed by atoms with van der Waals surface area (Å²) in [5, 5.41) is 3.80. The van der Waals surface area contributed by atoms with E-state index >= 15 is 0 Å². The van der Waals surface area contributed by atoms with Crippen molar-refractivity contribution in [2.24, 2.45) is 0 Å². The van der Waals surface area contributed by atoms with Crippen molar-refractivity contribution < 1.29 is 23.5 Å². The summed E-state index contributed by atoms with van der Waals surface area (Å²) in [6.07, 6.45) is 0.797. The smallest absolute Gasteiger partial charge is 0.290 e. The predicted molar refractivity (Wildman–Crippen MR) is 109 cm³/mol. The number of carbonyl (C=O) groups excluding carboxylic acids is 2. The largest absolute Gasteiger partial charge is 0.451 e. The van der Waals surface area contributed by atoms with Gasteiger partial charge in [-0.05, 0) is 12.5 Å². The molecule has 1 aromatic heterocycles. The van der Waals surface area contributed by atoms with Crippen molar-refractivity contribution >= 4 is 22.8 Å². The Morgan fingerprint density at radius 1 is 1.10 bits per heavy atom. The number of hydrogen-bond donors (Lipinski definition) is 1. The van der Waals surface area contributed by atoms with E-state index in [1.165, 1.54) is 0 Å². The van der Waals surface area contributed by atoms with Gasteiger partial charge >= 0.3 is 0 Å². The van der Waals surface area contributed by atoms with Gasteiger partial charge in [-0.25, -0.2) is 0 Å². The van der Waals surface area contributed by atoms with Gasteiger partial charge in [0.15, 0.2) is 5.76 Å². The van der Waals surface area contributed by atoms with E-state index in [2.05, 4.69) is 10.2 Å². The number of rotatable bonds is 9. The van der Waals surface area contributed by atoms with Crippen LogP contribution in [0.3, 0.4) is 0 Å². The number of ether oxygens (including phenoxy) is 2. The van der Waals surface area contributed by atoms with E-state index in [4.69, 9.17) is 13.9 Å². The van der Waals surface area contributed by atoms with E-state index in [0.29, 0.717) is 63.8 Å². The molecule has 8 nitrogen and oxygen atoms in total. The lowest BCUT2D eigenvalue weighted by Gasteiger charge is -2.34. The number of benzene rings is 1. The van der Waals surface area contributed by atoms with Gasteiger partial charge in [0.05, 0.1) is 13.2 Å². The Morgan fingerprint density at radius 3 is 2.59 bits per heavy atom. The van der Waals surface area contributed by atoms with Crippen molar-refractivity contribution in [1.29, 1.82) is 0 Å². The van der Waals surface area contributed by atoms with Crippen LogP contribution in [0.25, 0.3) is 11.0 Å². The molecule has 8 heteroatoms. The Morgan fingerprint density at radius 2 is 1.86 bits per heavy atom. The highest BCUT2D eigenvalue weighted by Crippen LogP contribution is 2.27. The number of nitrogens with zero attached hydrogens (tertiary/aromatic N) is 2. The zero-order chi connectivity index (χ0) is 20.6. The van der Waals surface area contributed by atoms with Gasteiger partial charge in [-0.3, -0.25) is 14.5 Å². The normalized spacial score (nSPS) is 15.0. The van der Waals surface area contributed by atoms with Crippen LogP contribution in [0, 0.1) is 0 Å². The second kappa shape index (κ2) is 10.4. The summed E-state index contributed by atoms with van der Waals surface area (Å²) < 4.78 is 16.1. The number of fused-ring (bicyclic) bond motifs is 1. The second-order valence-corrected chi connectivity index (χ2v) is 7.10. The van der Waals surface area contributed by atoms with Crippen molar-refractivity contribution in [3.8, 4) is 0 Å². The molecule has 2 heterocycles. The van der Waals surface area contributed by atoms with Crippen LogP contribution in [0.2, 0.25) is 0 Å². The summed E-state index contributed by atoms with van der Waals surface area (Å²) in [6, 6.07) is 7.60. The van der Waals surface area contributed by atoms with Gasteiger partial charge in [-0.2, -0.15) is 0 Å². The molecule has 1 aliphatic heterocycles. The topological polar surface area (TPSA) is 84.3 Å². The number of methoxy groups -OCH3 is 2. The Balaban J connectivity index is 1.56. The van der Waals surface area contributed by atoms with E-state index in [-0.39, 0.29) is 11.8 Å². The highest BCUT2D eigenvalue weighted by molar-refractivity contribution is 5.99. The maximum atomic E-state index is 13.1. The van der Waals surface area contributed by atoms with Crippen molar-refractivity contribution in [2.75, 3.05) is 60.1 Å². The van der Waals surface area contributed by atoms with Crippen molar-refractivity contribution in [2.45, 2.75) is 13.0 Å². The first-order chi connectivity index (χ1) is 14.1. The number of furan rings is 1. The molecule has 1 saturated heterocycles. The lowest BCUT2D eigenvalue weighted by atomic mass is 10.1. The van der Waals surface area contributed by atoms with Crippen molar-refractivity contribution in [3.05, 3.63) is 35.6 Å². The fourth-order valence-electron chi connectivity index (χ4n) is 3.52. The number of hydrogen-bond acceptors (Lipinski definition) is 6. The summed E-state index contributed by atoms with van der Waals surface area (Å²) in [6.45, 7) is 4.32. The molecule has 0 atom stereocenters. The molecule has 1 N–H and O–H groups in total. The number of para-hydroxylation sites is 1. The third kappa shape index (κ3) is 5.35. The van der Waals surface area contributed by atoms with Gasteiger partial charge in [0.1, 0.15) is 5.58 Å². The third-order valence-corrected chi connectivity index (χ3v) is 5.06. The molecule has 2 aromatic rings. The Bertz CT molecular complexity index is 827. The van der Waals surface area contributed by atoms with Crippen molar-refractivity contribution in [3.63, 3.8) is 0 Å². The van der Waals surface area contributed by atoms with Gasteiger partial charge in [0, 0.05) is 64.5 Å². The fraction of sp³-hybridized carbons (Fsp3) is 0.524. The Labute approximate surface area is 170 Å². The lowest BCUT2D eigenvalue weighted by molar-refractivity contribution is -0.122. The van der Waals surface area contributed by atoms with Crippen LogP contribution in [0.4, 0.5) is 0 Å². The van der Waals surface area contributed by atoms with Crippen LogP contribution in [-0.4, -0.2) is 81.7 Å². The van der Waals surface area contributed by atoms with Crippen LogP contribution < -0.4 is 5.32 Å². The fourth-order valence-corrected chi connectivity index (χ4v) is 3.52. The van der Waals surface area contributed by atoms with Crippen LogP contribution in [0.1, 0.15) is 22.5 Å². The molecule has 0 aliphatic carbocycles. The van der Waals surface area contributed by atoms with Gasteiger partial charge in [-0.1, -0.05) is 18.2 Å². The zero-order valence-electron chi connectivity index (χ0n) is 17.1. The summed E-state index contributed by atoms with van der Waals surface area (Å²) in [5.41, 5.74) is 1.47. The molecule has 0 spiro atoms. The first-order valence-corrected chi connectivity index (χ1v) is 9.90. The van der Waals surface area contributed by atoms with Crippen LogP contribution in [0.15, 0.2) is 28.7 Å². The van der Waals surface area contributed by atoms with Crippen LogP contribution >= 0.6 is 0 Å². The highest BCUT2D eigenvalue weighted by Gasteiger charge is 2.28. The number of amides is 2. The lowest BCUT2D eigenvalue weighted by Crippen LogP contribution is -2.51. The standard InChI is InChI=1S/C21H29N3O5/c1-27-13-5-8-22-19(25)14-23-9-11-24(12-10-23)21(26)20-17(15-28-2)16-6-3-4-7-18(16)29-20/h3-4,6-7H,5,8-15H2,1-2H3,(H,22,25). The van der Waals surface area contributed by atoms with Crippen LogP contribution in [-0.2, 0) is 20.9 Å². The molecule has 1 aromatic carbocycles. The molecule has 0 unspecified atom stereocenters. The van der Waals surface area contributed by atoms with E-state index < -0.39 is 0 Å². The molecule has 2 amide bonds. The van der Waals surface area contributed by atoms with E-state index in [1.807, 2.05) is 24.3 Å². The van der Waals surface area contributed by atoms with E-state index in [1.54, 1.807) is 19.1 Å². The zero-order valence-corrected chi connectivity index (χ0v) is 17.1. The van der Waals surface area contributed by atoms with Gasteiger partial charge in [0.25, 0.3) is 5.91 Å². The first kappa shape index (κ1) is 21.3. The van der Waals surface area contributed by atoms with E-state index in [0.717, 1.165) is 17.4 Å². The average Bonchev–Trinajstić information content (AvgIpc) is 3.10. The maximum absolute atomic E-state index is 13.1. The highest BCUT2D eigenvalue weighted by atomic mass is 16.5. The minimum Gasteiger partial charge on any atom is -0.451 e. The molecule has 3 rings (SSSR count). The molecular formula is C21H29N3O5. The Hall–Kier alpha value is -2.42. The Kier molecular flexibility index (Phi) is 7.62. The molecule has 0 saturated carbocycles. The number of nitrogens with one attached hydrogen (secondary N) is 1. The molecule has 1 fully saturated rings. The van der Waals surface area contributed by atoms with Gasteiger partial charge in [-0.15, -0.1) is 0 Å². The third-order valence-electron chi connectivity index (χ3n) is 5.06. The van der Waals surface area contributed by atoms with Gasteiger partial charge < -0.3 is 24.1 Å². The monoisotopic (exact) mass is 403 g/mol. The summed E-state index contributed by atoms with van der Waals surface area (Å²) >= 11 is 0. The molecule has 1 aliphatic rings. The predicted octanol–water partition coefficient (Wildman–Crippen LogP) is 1.49. The summed E-state index contributed by atoms with van der Waals surface area (Å²) in [4.78, 5) is 28.9. The first-order valence-electron chi connectivity index (χ1n) is 9.90. The average molecular weight is 403 g/mol. The van der Waals surface area contributed by atoms with Crippen molar-refractivity contribution in [1.82, 2.24) is 15.1 Å². The summed E-state index contributed by atoms with van der Waals surface area (Å²) in [7, 11) is 3.25. The maximum Gasteiger partial charge on any atom is 0.290 e. The molecular weight excluding hydrogens is 374 g/mol. The second-order valence-electron chi connectivity index (χ2n) is 7.10. The quantitative estimate of drug-likeness (QED) is 0.639. The summed E-state index contributed by atoms with van der Waals surface area (Å²) in [5.74, 6) is 0.217.